The Balaban J connectivity index is 3.04. The molecule has 2 unspecified atom stereocenters. The van der Waals surface area contributed by atoms with Gasteiger partial charge in [-0.15, -0.1) is 4.91 Å². The molecular formula is C8H7FNO3P. The molecule has 0 aliphatic carbocycles. The van der Waals surface area contributed by atoms with Gasteiger partial charge in [-0.05, 0) is 23.4 Å². The van der Waals surface area contributed by atoms with Gasteiger partial charge in [-0.1, -0.05) is 9.24 Å². The molecule has 0 N–H and O–H groups in total. The summed E-state index contributed by atoms with van der Waals surface area (Å²) >= 11 is 0. The van der Waals surface area contributed by atoms with Crippen molar-refractivity contribution >= 4 is 21.2 Å². The highest BCUT2D eigenvalue weighted by molar-refractivity contribution is 7.16. The van der Waals surface area contributed by atoms with Crippen molar-refractivity contribution < 1.29 is 13.9 Å². The Labute approximate surface area is 81.6 Å². The molecule has 2 atom stereocenters. The Bertz CT molecular complexity index is 356. The molecule has 0 heterocycles. The van der Waals surface area contributed by atoms with Crippen molar-refractivity contribution in [3.05, 3.63) is 28.7 Å². The van der Waals surface area contributed by atoms with Crippen LogP contribution in [-0.2, 0) is 0 Å². The van der Waals surface area contributed by atoms with Crippen LogP contribution in [0.15, 0.2) is 23.4 Å². The van der Waals surface area contributed by atoms with Crippen molar-refractivity contribution in [3.63, 3.8) is 0 Å². The number of carbonyl (C=O) groups is 1. The minimum absolute atomic E-state index is 0.00750. The fourth-order valence-electron chi connectivity index (χ4n) is 0.900. The molecule has 1 rings (SSSR count). The molecule has 0 saturated carbocycles. The number of benzene rings is 1. The summed E-state index contributed by atoms with van der Waals surface area (Å²) in [6, 6.07) is 3.95. The third-order valence-electron chi connectivity index (χ3n) is 1.46. The van der Waals surface area contributed by atoms with Gasteiger partial charge in [0.25, 0.3) is 0 Å². The maximum Gasteiger partial charge on any atom is 0.249 e. The van der Waals surface area contributed by atoms with Gasteiger partial charge >= 0.3 is 0 Å². The fourth-order valence-corrected chi connectivity index (χ4v) is 1.05. The van der Waals surface area contributed by atoms with Gasteiger partial charge in [0.05, 0.1) is 0 Å². The Kier molecular flexibility index (Phi) is 3.65. The minimum Gasteiger partial charge on any atom is -0.455 e. The summed E-state index contributed by atoms with van der Waals surface area (Å²) in [6.07, 6.45) is -1.05. The van der Waals surface area contributed by atoms with Gasteiger partial charge in [-0.25, -0.2) is 0 Å². The second kappa shape index (κ2) is 4.77. The first-order valence-electron chi connectivity index (χ1n) is 3.66. The molecule has 0 bridgehead atoms. The van der Waals surface area contributed by atoms with Gasteiger partial charge in [0.15, 0.2) is 11.4 Å². The van der Waals surface area contributed by atoms with Crippen molar-refractivity contribution in [3.8, 4) is 5.75 Å². The molecule has 1 aromatic rings. The lowest BCUT2D eigenvalue weighted by Crippen LogP contribution is -2.00. The van der Waals surface area contributed by atoms with Crippen LogP contribution in [0.3, 0.4) is 0 Å². The highest BCUT2D eigenvalue weighted by atomic mass is 31.0. The quantitative estimate of drug-likeness (QED) is 0.440. The van der Waals surface area contributed by atoms with Crippen LogP contribution in [0.1, 0.15) is 10.4 Å². The predicted octanol–water partition coefficient (Wildman–Crippen LogP) is 2.40. The Morgan fingerprint density at radius 3 is 2.79 bits per heavy atom. The molecule has 1 aromatic carbocycles. The normalized spacial score (nSPS) is 11.9. The van der Waals surface area contributed by atoms with Crippen LogP contribution in [0.5, 0.6) is 5.75 Å². The molecule has 0 spiro atoms. The molecule has 0 amide bonds. The van der Waals surface area contributed by atoms with Crippen LogP contribution in [0, 0.1) is 4.91 Å². The molecule has 4 nitrogen and oxygen atoms in total. The van der Waals surface area contributed by atoms with Crippen LogP contribution in [0.25, 0.3) is 0 Å². The number of halogens is 1. The second-order valence-electron chi connectivity index (χ2n) is 2.41. The predicted molar refractivity (Wildman–Crippen MR) is 52.5 cm³/mol. The topological polar surface area (TPSA) is 55.7 Å². The van der Waals surface area contributed by atoms with Crippen molar-refractivity contribution in [1.29, 1.82) is 0 Å². The number of rotatable bonds is 4. The van der Waals surface area contributed by atoms with Crippen molar-refractivity contribution in [2.24, 2.45) is 5.18 Å². The third kappa shape index (κ3) is 2.57. The minimum atomic E-state index is -1.61. The van der Waals surface area contributed by atoms with Crippen LogP contribution in [-0.4, -0.2) is 12.4 Å². The van der Waals surface area contributed by atoms with Gasteiger partial charge < -0.3 is 4.74 Å². The molecule has 0 aliphatic heterocycles. The molecule has 0 aliphatic rings. The number of alkyl halides is 1. The van der Waals surface area contributed by atoms with E-state index in [2.05, 4.69) is 9.91 Å². The highest BCUT2D eigenvalue weighted by Gasteiger charge is 2.08. The zero-order valence-corrected chi connectivity index (χ0v) is 8.17. The van der Waals surface area contributed by atoms with E-state index in [1.54, 1.807) is 9.24 Å². The zero-order valence-electron chi connectivity index (χ0n) is 7.01. The van der Waals surface area contributed by atoms with Gasteiger partial charge in [-0.2, -0.15) is 4.39 Å². The molecule has 0 aromatic heterocycles. The summed E-state index contributed by atoms with van der Waals surface area (Å²) in [6.45, 7) is 0. The zero-order chi connectivity index (χ0) is 10.6. The molecule has 0 fully saturated rings. The summed E-state index contributed by atoms with van der Waals surface area (Å²) in [4.78, 5) is 20.6. The van der Waals surface area contributed by atoms with Crippen LogP contribution >= 0.6 is 9.24 Å². The monoisotopic (exact) mass is 215 g/mol. The van der Waals surface area contributed by atoms with E-state index in [1.165, 1.54) is 18.2 Å². The maximum atomic E-state index is 12.4. The Hall–Kier alpha value is -1.35. The lowest BCUT2D eigenvalue weighted by Gasteiger charge is -2.07. The lowest BCUT2D eigenvalue weighted by atomic mass is 10.2. The lowest BCUT2D eigenvalue weighted by molar-refractivity contribution is 0.112. The fraction of sp³-hybridized carbons (Fsp3) is 0.125. The Morgan fingerprint density at radius 1 is 1.57 bits per heavy atom. The van der Waals surface area contributed by atoms with Gasteiger partial charge in [-0.3, -0.25) is 4.79 Å². The van der Waals surface area contributed by atoms with Crippen LogP contribution in [0.2, 0.25) is 0 Å². The largest absolute Gasteiger partial charge is 0.455 e. The number of aldehydes is 1. The van der Waals surface area contributed by atoms with Crippen molar-refractivity contribution in [1.82, 2.24) is 0 Å². The first-order chi connectivity index (χ1) is 6.67. The number of ether oxygens (including phenoxy) is 1. The molecule has 0 radical (unpaired) electrons. The molecule has 0 saturated heterocycles. The Morgan fingerprint density at radius 2 is 2.29 bits per heavy atom. The second-order valence-corrected chi connectivity index (χ2v) is 2.93. The van der Waals surface area contributed by atoms with E-state index in [4.69, 9.17) is 0 Å². The summed E-state index contributed by atoms with van der Waals surface area (Å²) in [5.74, 6) is 0.00750. The standard InChI is InChI=1S/C8H7FNO3P/c9-8(14)13-7-2-1-5(4-11)3-6(7)10-12/h1-4,8H,14H2. The van der Waals surface area contributed by atoms with E-state index >= 15 is 0 Å². The summed E-state index contributed by atoms with van der Waals surface area (Å²) in [7, 11) is 1.77. The van der Waals surface area contributed by atoms with E-state index in [0.717, 1.165) is 0 Å². The smallest absolute Gasteiger partial charge is 0.249 e. The average molecular weight is 215 g/mol. The first-order valence-corrected chi connectivity index (χ1v) is 4.33. The van der Waals surface area contributed by atoms with E-state index in [-0.39, 0.29) is 17.0 Å². The van der Waals surface area contributed by atoms with Crippen molar-refractivity contribution in [2.75, 3.05) is 0 Å². The van der Waals surface area contributed by atoms with Gasteiger partial charge in [0.2, 0.25) is 6.10 Å². The molecule has 6 heteroatoms. The molecule has 74 valence electrons. The number of hydrogen-bond donors (Lipinski definition) is 0. The average Bonchev–Trinajstić information content (AvgIpc) is 2.17. The highest BCUT2D eigenvalue weighted by Crippen LogP contribution is 2.29. The number of carbonyl (C=O) groups excluding carboxylic acids is 1. The van der Waals surface area contributed by atoms with Gasteiger partial charge in [0.1, 0.15) is 6.29 Å². The maximum absolute atomic E-state index is 12.4. The number of nitrogens with zero attached hydrogens (tertiary/aromatic N) is 1. The molecule has 14 heavy (non-hydrogen) atoms. The third-order valence-corrected chi connectivity index (χ3v) is 1.59. The summed E-state index contributed by atoms with van der Waals surface area (Å²) in [5.41, 5.74) is 0.186. The first kappa shape index (κ1) is 10.7. The summed E-state index contributed by atoms with van der Waals surface area (Å²) < 4.78 is 17.0. The van der Waals surface area contributed by atoms with Crippen molar-refractivity contribution in [2.45, 2.75) is 6.10 Å². The van der Waals surface area contributed by atoms with E-state index in [1.807, 2.05) is 0 Å². The van der Waals surface area contributed by atoms with E-state index in [0.29, 0.717) is 6.29 Å². The van der Waals surface area contributed by atoms with Gasteiger partial charge in [0, 0.05) is 5.56 Å². The van der Waals surface area contributed by atoms with Crippen LogP contribution in [0.4, 0.5) is 10.1 Å². The molecular weight excluding hydrogens is 208 g/mol. The van der Waals surface area contributed by atoms with E-state index in [9.17, 15) is 14.1 Å². The number of hydrogen-bond acceptors (Lipinski definition) is 4. The van der Waals surface area contributed by atoms with Crippen LogP contribution < -0.4 is 4.74 Å². The SMILES string of the molecule is O=Cc1ccc(OC(F)P)c(N=O)c1. The summed E-state index contributed by atoms with van der Waals surface area (Å²) in [5, 5.41) is 2.62. The van der Waals surface area contributed by atoms with E-state index < -0.39 is 6.10 Å². The number of nitroso groups, excluding NO2 is 1.